The molecule has 2 rings (SSSR count). The topological polar surface area (TPSA) is 39.2 Å². The van der Waals surface area contributed by atoms with Gasteiger partial charge < -0.3 is 4.74 Å². The quantitative estimate of drug-likeness (QED) is 0.626. The van der Waals surface area contributed by atoms with Crippen LogP contribution in [-0.2, 0) is 0 Å². The molecule has 2 aromatic rings. The van der Waals surface area contributed by atoms with E-state index in [9.17, 15) is 18.0 Å². The lowest BCUT2D eigenvalue weighted by Crippen LogP contribution is -2.08. The standard InChI is InChI=1S/C15H12F3NO2/c1-2-5-21-10-6-9(7-19-8-10)15(20)11-3-4-12(16)14(18)13(11)17/h3-4,6-8H,2,5H2,1H3. The van der Waals surface area contributed by atoms with Gasteiger partial charge >= 0.3 is 0 Å². The van der Waals surface area contributed by atoms with Crippen LogP contribution in [0.1, 0.15) is 29.3 Å². The fraction of sp³-hybridized carbons (Fsp3) is 0.200. The Morgan fingerprint density at radius 1 is 1.19 bits per heavy atom. The summed E-state index contributed by atoms with van der Waals surface area (Å²) in [5, 5.41) is 0. The number of halogens is 3. The zero-order chi connectivity index (χ0) is 15.4. The van der Waals surface area contributed by atoms with Gasteiger partial charge in [0, 0.05) is 11.8 Å². The van der Waals surface area contributed by atoms with Crippen molar-refractivity contribution in [1.82, 2.24) is 4.98 Å². The fourth-order valence-corrected chi connectivity index (χ4v) is 1.70. The third-order valence-corrected chi connectivity index (χ3v) is 2.73. The van der Waals surface area contributed by atoms with Crippen molar-refractivity contribution < 1.29 is 22.7 Å². The van der Waals surface area contributed by atoms with E-state index < -0.39 is 28.8 Å². The zero-order valence-corrected chi connectivity index (χ0v) is 11.2. The Bertz CT molecular complexity index is 674. The number of benzene rings is 1. The molecule has 0 spiro atoms. The minimum Gasteiger partial charge on any atom is -0.492 e. The summed E-state index contributed by atoms with van der Waals surface area (Å²) < 4.78 is 45.0. The normalized spacial score (nSPS) is 10.5. The van der Waals surface area contributed by atoms with Crippen molar-refractivity contribution in [2.45, 2.75) is 13.3 Å². The largest absolute Gasteiger partial charge is 0.492 e. The van der Waals surface area contributed by atoms with E-state index in [1.165, 1.54) is 18.5 Å². The molecule has 1 aromatic heterocycles. The highest BCUT2D eigenvalue weighted by Crippen LogP contribution is 2.20. The van der Waals surface area contributed by atoms with Crippen LogP contribution >= 0.6 is 0 Å². The van der Waals surface area contributed by atoms with Gasteiger partial charge in [-0.25, -0.2) is 13.2 Å². The molecule has 0 N–H and O–H groups in total. The van der Waals surface area contributed by atoms with Gasteiger partial charge in [-0.05, 0) is 24.6 Å². The first-order chi connectivity index (χ1) is 10.0. The first-order valence-corrected chi connectivity index (χ1v) is 6.30. The van der Waals surface area contributed by atoms with Crippen molar-refractivity contribution in [3.63, 3.8) is 0 Å². The molecule has 0 aliphatic heterocycles. The van der Waals surface area contributed by atoms with E-state index in [0.717, 1.165) is 12.5 Å². The molecule has 0 radical (unpaired) electrons. The van der Waals surface area contributed by atoms with Crippen molar-refractivity contribution >= 4 is 5.78 Å². The zero-order valence-electron chi connectivity index (χ0n) is 11.2. The first-order valence-electron chi connectivity index (χ1n) is 6.30. The number of rotatable bonds is 5. The van der Waals surface area contributed by atoms with E-state index >= 15 is 0 Å². The van der Waals surface area contributed by atoms with Crippen LogP contribution in [0, 0.1) is 17.5 Å². The highest BCUT2D eigenvalue weighted by atomic mass is 19.2. The van der Waals surface area contributed by atoms with Gasteiger partial charge in [-0.2, -0.15) is 0 Å². The van der Waals surface area contributed by atoms with Crippen molar-refractivity contribution in [2.75, 3.05) is 6.61 Å². The predicted molar refractivity (Wildman–Crippen MR) is 69.8 cm³/mol. The van der Waals surface area contributed by atoms with Crippen LogP contribution in [0.25, 0.3) is 0 Å². The molecule has 3 nitrogen and oxygen atoms in total. The average Bonchev–Trinajstić information content (AvgIpc) is 2.50. The number of aromatic nitrogens is 1. The first kappa shape index (κ1) is 15.0. The molecule has 0 amide bonds. The molecule has 0 aliphatic rings. The van der Waals surface area contributed by atoms with Gasteiger partial charge in [0.1, 0.15) is 5.75 Å². The number of ether oxygens (including phenoxy) is 1. The minimum absolute atomic E-state index is 0.0357. The number of hydrogen-bond donors (Lipinski definition) is 0. The second-order valence-electron chi connectivity index (χ2n) is 4.31. The number of nitrogens with zero attached hydrogens (tertiary/aromatic N) is 1. The number of carbonyl (C=O) groups excluding carboxylic acids is 1. The summed E-state index contributed by atoms with van der Waals surface area (Å²) in [6.07, 6.45) is 3.39. The maximum Gasteiger partial charge on any atom is 0.197 e. The van der Waals surface area contributed by atoms with Gasteiger partial charge in [-0.15, -0.1) is 0 Å². The monoisotopic (exact) mass is 295 g/mol. The Labute approximate surface area is 119 Å². The second-order valence-corrected chi connectivity index (χ2v) is 4.31. The number of hydrogen-bond acceptors (Lipinski definition) is 3. The lowest BCUT2D eigenvalue weighted by Gasteiger charge is -2.07. The Morgan fingerprint density at radius 3 is 2.67 bits per heavy atom. The highest BCUT2D eigenvalue weighted by Gasteiger charge is 2.20. The van der Waals surface area contributed by atoms with Crippen molar-refractivity contribution in [2.24, 2.45) is 0 Å². The summed E-state index contributed by atoms with van der Waals surface area (Å²) >= 11 is 0. The molecule has 21 heavy (non-hydrogen) atoms. The summed E-state index contributed by atoms with van der Waals surface area (Å²) in [4.78, 5) is 15.9. The van der Waals surface area contributed by atoms with Gasteiger partial charge in [-0.3, -0.25) is 9.78 Å². The number of carbonyl (C=O) groups is 1. The molecule has 6 heteroatoms. The molecule has 0 unspecified atom stereocenters. The molecule has 0 aliphatic carbocycles. The molecule has 0 fully saturated rings. The molecule has 1 aromatic carbocycles. The SMILES string of the molecule is CCCOc1cncc(C(=O)c2ccc(F)c(F)c2F)c1. The Kier molecular flexibility index (Phi) is 4.57. The molecule has 0 atom stereocenters. The molecular weight excluding hydrogens is 283 g/mol. The maximum absolute atomic E-state index is 13.6. The predicted octanol–water partition coefficient (Wildman–Crippen LogP) is 3.52. The third kappa shape index (κ3) is 3.21. The van der Waals surface area contributed by atoms with E-state index in [1.807, 2.05) is 6.92 Å². The Hall–Kier alpha value is -2.37. The molecule has 0 bridgehead atoms. The van der Waals surface area contributed by atoms with Crippen LogP contribution in [0.5, 0.6) is 5.75 Å². The minimum atomic E-state index is -1.67. The average molecular weight is 295 g/mol. The van der Waals surface area contributed by atoms with E-state index in [-0.39, 0.29) is 5.56 Å². The van der Waals surface area contributed by atoms with Crippen LogP contribution in [0.4, 0.5) is 13.2 Å². The molecular formula is C15H12F3NO2. The lowest BCUT2D eigenvalue weighted by atomic mass is 10.0. The van der Waals surface area contributed by atoms with Crippen molar-refractivity contribution in [1.29, 1.82) is 0 Å². The van der Waals surface area contributed by atoms with E-state index in [2.05, 4.69) is 4.98 Å². The molecule has 0 saturated carbocycles. The molecule has 110 valence electrons. The molecule has 1 heterocycles. The third-order valence-electron chi connectivity index (χ3n) is 2.73. The van der Waals surface area contributed by atoms with Gasteiger partial charge in [0.05, 0.1) is 18.4 Å². The van der Waals surface area contributed by atoms with Crippen LogP contribution in [-0.4, -0.2) is 17.4 Å². The molecule has 0 saturated heterocycles. The van der Waals surface area contributed by atoms with Crippen LogP contribution in [0.15, 0.2) is 30.6 Å². The van der Waals surface area contributed by atoms with Crippen LogP contribution in [0.2, 0.25) is 0 Å². The Morgan fingerprint density at radius 2 is 1.95 bits per heavy atom. The smallest absolute Gasteiger partial charge is 0.197 e. The van der Waals surface area contributed by atoms with E-state index in [1.54, 1.807) is 0 Å². The summed E-state index contributed by atoms with van der Waals surface area (Å²) in [5.41, 5.74) is -0.517. The van der Waals surface area contributed by atoms with Gasteiger partial charge in [0.15, 0.2) is 23.2 Å². The number of pyridine rings is 1. The van der Waals surface area contributed by atoms with Gasteiger partial charge in [-0.1, -0.05) is 6.92 Å². The van der Waals surface area contributed by atoms with Gasteiger partial charge in [0.2, 0.25) is 0 Å². The van der Waals surface area contributed by atoms with Crippen LogP contribution < -0.4 is 4.74 Å². The fourth-order valence-electron chi connectivity index (χ4n) is 1.70. The summed E-state index contributed by atoms with van der Waals surface area (Å²) in [7, 11) is 0. The van der Waals surface area contributed by atoms with E-state index in [4.69, 9.17) is 4.74 Å². The van der Waals surface area contributed by atoms with Crippen LogP contribution in [0.3, 0.4) is 0 Å². The second kappa shape index (κ2) is 6.39. The van der Waals surface area contributed by atoms with Gasteiger partial charge in [0.25, 0.3) is 0 Å². The van der Waals surface area contributed by atoms with E-state index in [0.29, 0.717) is 18.4 Å². The highest BCUT2D eigenvalue weighted by molar-refractivity contribution is 6.09. The van der Waals surface area contributed by atoms with Crippen molar-refractivity contribution in [3.05, 3.63) is 59.2 Å². The summed E-state index contributed by atoms with van der Waals surface area (Å²) in [6.45, 7) is 2.36. The Balaban J connectivity index is 2.34. The summed E-state index contributed by atoms with van der Waals surface area (Å²) in [5.74, 6) is -4.97. The maximum atomic E-state index is 13.6. The number of ketones is 1. The lowest BCUT2D eigenvalue weighted by molar-refractivity contribution is 0.103. The van der Waals surface area contributed by atoms with Crippen molar-refractivity contribution in [3.8, 4) is 5.75 Å². The summed E-state index contributed by atoms with van der Waals surface area (Å²) in [6, 6.07) is 2.98.